The fourth-order valence-electron chi connectivity index (χ4n) is 2.30. The minimum Gasteiger partial charge on any atom is -0.312 e. The van der Waals surface area contributed by atoms with Crippen molar-refractivity contribution in [2.24, 2.45) is 5.92 Å². The molecule has 1 atom stereocenters. The molecule has 0 aliphatic carbocycles. The van der Waals surface area contributed by atoms with Crippen LogP contribution in [0.2, 0.25) is 0 Å². The molecule has 1 aromatic rings. The van der Waals surface area contributed by atoms with Crippen molar-refractivity contribution in [2.75, 3.05) is 26.7 Å². The third kappa shape index (κ3) is 3.30. The van der Waals surface area contributed by atoms with Crippen LogP contribution in [-0.4, -0.2) is 31.6 Å². The van der Waals surface area contributed by atoms with Gasteiger partial charge in [-0.2, -0.15) is 0 Å². The summed E-state index contributed by atoms with van der Waals surface area (Å²) in [7, 11) is 2.22. The highest BCUT2D eigenvalue weighted by molar-refractivity contribution is 7.11. The minimum absolute atomic E-state index is 0.857. The summed E-state index contributed by atoms with van der Waals surface area (Å²) >= 11 is 1.94. The van der Waals surface area contributed by atoms with Gasteiger partial charge in [-0.1, -0.05) is 6.92 Å². The molecule has 1 saturated heterocycles. The molecular formula is C13H22N2S. The van der Waals surface area contributed by atoms with Crippen molar-refractivity contribution in [1.82, 2.24) is 10.2 Å². The lowest BCUT2D eigenvalue weighted by atomic mass is 10.1. The third-order valence-corrected chi connectivity index (χ3v) is 4.52. The van der Waals surface area contributed by atoms with E-state index in [0.29, 0.717) is 0 Å². The van der Waals surface area contributed by atoms with E-state index in [1.54, 1.807) is 0 Å². The van der Waals surface area contributed by atoms with Gasteiger partial charge in [-0.3, -0.25) is 0 Å². The molecule has 0 aromatic carbocycles. The quantitative estimate of drug-likeness (QED) is 0.847. The Morgan fingerprint density at radius 1 is 1.44 bits per heavy atom. The van der Waals surface area contributed by atoms with E-state index in [1.807, 2.05) is 11.3 Å². The van der Waals surface area contributed by atoms with Gasteiger partial charge in [0.15, 0.2) is 0 Å². The van der Waals surface area contributed by atoms with Crippen molar-refractivity contribution >= 4 is 11.3 Å². The van der Waals surface area contributed by atoms with Crippen LogP contribution in [-0.2, 0) is 13.0 Å². The first kappa shape index (κ1) is 12.1. The normalized spacial score (nSPS) is 21.8. The zero-order chi connectivity index (χ0) is 11.4. The molecule has 1 aliphatic rings. The zero-order valence-corrected chi connectivity index (χ0v) is 11.1. The summed E-state index contributed by atoms with van der Waals surface area (Å²) in [6.45, 7) is 6.97. The Balaban J connectivity index is 1.67. The van der Waals surface area contributed by atoms with Gasteiger partial charge in [-0.25, -0.2) is 0 Å². The summed E-state index contributed by atoms with van der Waals surface area (Å²) in [5.74, 6) is 0.857. The van der Waals surface area contributed by atoms with E-state index in [1.165, 1.54) is 35.8 Å². The minimum atomic E-state index is 0.857. The highest BCUT2D eigenvalue weighted by Gasteiger charge is 2.18. The van der Waals surface area contributed by atoms with Gasteiger partial charge in [0.25, 0.3) is 0 Å². The molecule has 1 aliphatic heterocycles. The van der Waals surface area contributed by atoms with Crippen LogP contribution in [0.4, 0.5) is 0 Å². The first-order chi connectivity index (χ1) is 7.78. The maximum atomic E-state index is 3.59. The molecule has 1 unspecified atom stereocenters. The molecule has 1 N–H and O–H groups in total. The monoisotopic (exact) mass is 238 g/mol. The van der Waals surface area contributed by atoms with Crippen molar-refractivity contribution < 1.29 is 0 Å². The lowest BCUT2D eigenvalue weighted by molar-refractivity contribution is 0.388. The van der Waals surface area contributed by atoms with Gasteiger partial charge in [-0.15, -0.1) is 11.3 Å². The zero-order valence-electron chi connectivity index (χ0n) is 10.3. The summed E-state index contributed by atoms with van der Waals surface area (Å²) < 4.78 is 0. The summed E-state index contributed by atoms with van der Waals surface area (Å²) in [6.07, 6.45) is 2.52. The number of rotatable bonds is 5. The van der Waals surface area contributed by atoms with Gasteiger partial charge in [0.1, 0.15) is 0 Å². The Bertz CT molecular complexity index is 321. The maximum Gasteiger partial charge on any atom is 0.0299 e. The van der Waals surface area contributed by atoms with Crippen molar-refractivity contribution in [3.63, 3.8) is 0 Å². The van der Waals surface area contributed by atoms with Gasteiger partial charge in [0, 0.05) is 22.8 Å². The molecule has 1 fully saturated rings. The lowest BCUT2D eigenvalue weighted by Gasteiger charge is -2.10. The number of nitrogens with zero attached hydrogens (tertiary/aromatic N) is 1. The van der Waals surface area contributed by atoms with Crippen LogP contribution < -0.4 is 5.32 Å². The smallest absolute Gasteiger partial charge is 0.0299 e. The van der Waals surface area contributed by atoms with Gasteiger partial charge in [0.2, 0.25) is 0 Å². The van der Waals surface area contributed by atoms with E-state index in [9.17, 15) is 0 Å². The molecule has 0 amide bonds. The Hall–Kier alpha value is -0.380. The number of likely N-dealkylation sites (tertiary alicyclic amines) is 1. The van der Waals surface area contributed by atoms with E-state index in [0.717, 1.165) is 18.9 Å². The van der Waals surface area contributed by atoms with Crippen LogP contribution in [0.25, 0.3) is 0 Å². The topological polar surface area (TPSA) is 15.3 Å². The Morgan fingerprint density at radius 2 is 2.25 bits per heavy atom. The van der Waals surface area contributed by atoms with E-state index < -0.39 is 0 Å². The van der Waals surface area contributed by atoms with Gasteiger partial charge in [0.05, 0.1) is 0 Å². The molecule has 0 saturated carbocycles. The standard InChI is InChI=1S/C13H22N2S/c1-3-12-4-5-13(16-12)9-14-8-11-6-7-15(2)10-11/h4-5,11,14H,3,6-10H2,1-2H3. The van der Waals surface area contributed by atoms with Crippen molar-refractivity contribution in [1.29, 1.82) is 0 Å². The van der Waals surface area contributed by atoms with E-state index in [2.05, 4.69) is 36.3 Å². The number of hydrogen-bond donors (Lipinski definition) is 1. The van der Waals surface area contributed by atoms with E-state index in [-0.39, 0.29) is 0 Å². The lowest BCUT2D eigenvalue weighted by Crippen LogP contribution is -2.24. The van der Waals surface area contributed by atoms with Crippen LogP contribution in [0.15, 0.2) is 12.1 Å². The van der Waals surface area contributed by atoms with Crippen molar-refractivity contribution in [2.45, 2.75) is 26.3 Å². The molecule has 2 rings (SSSR count). The Morgan fingerprint density at radius 3 is 2.88 bits per heavy atom. The molecule has 16 heavy (non-hydrogen) atoms. The fraction of sp³-hybridized carbons (Fsp3) is 0.692. The van der Waals surface area contributed by atoms with Gasteiger partial charge in [-0.05, 0) is 51.0 Å². The molecule has 0 bridgehead atoms. The average molecular weight is 238 g/mol. The van der Waals surface area contributed by atoms with Crippen molar-refractivity contribution in [3.8, 4) is 0 Å². The average Bonchev–Trinajstić information content (AvgIpc) is 2.88. The number of hydrogen-bond acceptors (Lipinski definition) is 3. The molecule has 2 nitrogen and oxygen atoms in total. The van der Waals surface area contributed by atoms with Gasteiger partial charge >= 0.3 is 0 Å². The van der Waals surface area contributed by atoms with Crippen LogP contribution in [0.1, 0.15) is 23.1 Å². The second-order valence-corrected chi connectivity index (χ2v) is 6.02. The molecule has 90 valence electrons. The van der Waals surface area contributed by atoms with Crippen LogP contribution >= 0.6 is 11.3 Å². The summed E-state index contributed by atoms with van der Waals surface area (Å²) in [5.41, 5.74) is 0. The summed E-state index contributed by atoms with van der Waals surface area (Å²) in [6, 6.07) is 4.52. The SMILES string of the molecule is CCc1ccc(CNCC2CCN(C)C2)s1. The Kier molecular flexibility index (Phi) is 4.38. The summed E-state index contributed by atoms with van der Waals surface area (Å²) in [5, 5.41) is 3.59. The molecular weight excluding hydrogens is 216 g/mol. The molecule has 3 heteroatoms. The molecule has 1 aromatic heterocycles. The first-order valence-electron chi connectivity index (χ1n) is 6.24. The van der Waals surface area contributed by atoms with E-state index >= 15 is 0 Å². The number of aryl methyl sites for hydroxylation is 1. The molecule has 0 radical (unpaired) electrons. The Labute approximate surface area is 103 Å². The summed E-state index contributed by atoms with van der Waals surface area (Å²) in [4.78, 5) is 5.40. The van der Waals surface area contributed by atoms with E-state index in [4.69, 9.17) is 0 Å². The fourth-order valence-corrected chi connectivity index (χ4v) is 3.23. The highest BCUT2D eigenvalue weighted by Crippen LogP contribution is 2.17. The van der Waals surface area contributed by atoms with Crippen LogP contribution in [0, 0.1) is 5.92 Å². The number of nitrogens with one attached hydrogen (secondary N) is 1. The third-order valence-electron chi connectivity index (χ3n) is 3.29. The molecule has 2 heterocycles. The highest BCUT2D eigenvalue weighted by atomic mass is 32.1. The first-order valence-corrected chi connectivity index (χ1v) is 7.06. The maximum absolute atomic E-state index is 3.59. The largest absolute Gasteiger partial charge is 0.312 e. The second kappa shape index (κ2) is 5.80. The predicted molar refractivity (Wildman–Crippen MR) is 71.0 cm³/mol. The van der Waals surface area contributed by atoms with Gasteiger partial charge < -0.3 is 10.2 Å². The number of thiophene rings is 1. The van der Waals surface area contributed by atoms with Crippen LogP contribution in [0.5, 0.6) is 0 Å². The second-order valence-electron chi connectivity index (χ2n) is 4.77. The predicted octanol–water partition coefficient (Wildman–Crippen LogP) is 2.35. The molecule has 0 spiro atoms. The van der Waals surface area contributed by atoms with Crippen LogP contribution in [0.3, 0.4) is 0 Å². The van der Waals surface area contributed by atoms with Crippen molar-refractivity contribution in [3.05, 3.63) is 21.9 Å².